The normalized spacial score (nSPS) is 13.5. The minimum absolute atomic E-state index is 0.110. The van der Waals surface area contributed by atoms with Crippen molar-refractivity contribution in [1.82, 2.24) is 10.2 Å². The highest BCUT2D eigenvalue weighted by atomic mass is 32.2. The molecule has 0 unspecified atom stereocenters. The lowest BCUT2D eigenvalue weighted by molar-refractivity contribution is -0.113. The zero-order chi connectivity index (χ0) is 18.4. The van der Waals surface area contributed by atoms with Gasteiger partial charge < -0.3 is 10.6 Å². The molecule has 138 valence electrons. The van der Waals surface area contributed by atoms with Gasteiger partial charge in [0.05, 0.1) is 11.3 Å². The smallest absolute Gasteiger partial charge is 0.235 e. The Morgan fingerprint density at radius 2 is 2.12 bits per heavy atom. The number of aromatic nitrogens is 2. The molecule has 2 aromatic heterocycles. The number of amides is 1. The lowest BCUT2D eigenvalue weighted by atomic mass is 10.1. The highest BCUT2D eigenvalue weighted by Crippen LogP contribution is 2.37. The predicted octanol–water partition coefficient (Wildman–Crippen LogP) is 4.29. The van der Waals surface area contributed by atoms with E-state index in [1.165, 1.54) is 34.4 Å². The molecule has 0 atom stereocenters. The minimum atomic E-state index is -0.110. The standard InChI is InChI=1S/C17H21N5OS3/c1-2-8-19-16-21-22-17(26-16)24-10-14(23)20-15-12(9-18)11-6-4-3-5-7-13(11)25-15/h2-8,10H2,1H3,(H,19,21)(H,20,23). The molecule has 0 bridgehead atoms. The summed E-state index contributed by atoms with van der Waals surface area (Å²) in [4.78, 5) is 13.6. The maximum absolute atomic E-state index is 12.3. The van der Waals surface area contributed by atoms with E-state index >= 15 is 0 Å². The van der Waals surface area contributed by atoms with Crippen LogP contribution < -0.4 is 10.6 Å². The lowest BCUT2D eigenvalue weighted by Crippen LogP contribution is -2.13. The molecule has 2 heterocycles. The van der Waals surface area contributed by atoms with Gasteiger partial charge in [-0.15, -0.1) is 21.5 Å². The van der Waals surface area contributed by atoms with Crippen LogP contribution in [0.4, 0.5) is 10.1 Å². The number of aryl methyl sites for hydroxylation is 1. The van der Waals surface area contributed by atoms with Gasteiger partial charge in [-0.25, -0.2) is 0 Å². The Bertz CT molecular complexity index is 808. The molecule has 26 heavy (non-hydrogen) atoms. The van der Waals surface area contributed by atoms with Gasteiger partial charge in [0.1, 0.15) is 11.1 Å². The van der Waals surface area contributed by atoms with E-state index in [2.05, 4.69) is 33.8 Å². The maximum Gasteiger partial charge on any atom is 0.235 e. The second-order valence-electron chi connectivity index (χ2n) is 6.02. The van der Waals surface area contributed by atoms with E-state index in [4.69, 9.17) is 0 Å². The third-order valence-corrected chi connectivity index (χ3v) is 7.27. The number of rotatable bonds is 7. The van der Waals surface area contributed by atoms with Gasteiger partial charge in [0, 0.05) is 11.4 Å². The summed E-state index contributed by atoms with van der Waals surface area (Å²) < 4.78 is 0.765. The quantitative estimate of drug-likeness (QED) is 0.525. The molecule has 1 aliphatic rings. The number of carbonyl (C=O) groups excluding carboxylic acids is 1. The first-order valence-electron chi connectivity index (χ1n) is 8.76. The number of carbonyl (C=O) groups is 1. The van der Waals surface area contributed by atoms with Crippen molar-refractivity contribution in [2.75, 3.05) is 22.9 Å². The highest BCUT2D eigenvalue weighted by Gasteiger charge is 2.21. The number of nitriles is 1. The van der Waals surface area contributed by atoms with Gasteiger partial charge in [-0.3, -0.25) is 4.79 Å². The van der Waals surface area contributed by atoms with E-state index in [-0.39, 0.29) is 11.7 Å². The molecule has 3 rings (SSSR count). The van der Waals surface area contributed by atoms with Gasteiger partial charge in [-0.2, -0.15) is 5.26 Å². The second kappa shape index (κ2) is 9.35. The molecule has 0 aromatic carbocycles. The van der Waals surface area contributed by atoms with Crippen molar-refractivity contribution < 1.29 is 4.79 Å². The maximum atomic E-state index is 12.3. The summed E-state index contributed by atoms with van der Waals surface area (Å²) in [5, 5.41) is 25.3. The Hall–Kier alpha value is -1.63. The average Bonchev–Trinajstić information content (AvgIpc) is 3.15. The Balaban J connectivity index is 1.58. The molecule has 1 amide bonds. The summed E-state index contributed by atoms with van der Waals surface area (Å²) in [6, 6.07) is 2.29. The fourth-order valence-electron chi connectivity index (χ4n) is 2.81. The predicted molar refractivity (Wildman–Crippen MR) is 108 cm³/mol. The molecular formula is C17H21N5OS3. The third kappa shape index (κ3) is 4.75. The van der Waals surface area contributed by atoms with E-state index in [1.54, 1.807) is 11.3 Å². The fraction of sp³-hybridized carbons (Fsp3) is 0.529. The summed E-state index contributed by atoms with van der Waals surface area (Å²) in [6.45, 7) is 2.95. The van der Waals surface area contributed by atoms with Crippen LogP contribution in [0, 0.1) is 11.3 Å². The van der Waals surface area contributed by atoms with Crippen LogP contribution in [0.2, 0.25) is 0 Å². The molecule has 0 aliphatic heterocycles. The monoisotopic (exact) mass is 407 g/mol. The van der Waals surface area contributed by atoms with Crippen LogP contribution in [0.5, 0.6) is 0 Å². The molecule has 0 saturated heterocycles. The topological polar surface area (TPSA) is 90.7 Å². The van der Waals surface area contributed by atoms with E-state index < -0.39 is 0 Å². The molecule has 9 heteroatoms. The zero-order valence-corrected chi connectivity index (χ0v) is 17.1. The summed E-state index contributed by atoms with van der Waals surface area (Å²) in [5.74, 6) is 0.150. The van der Waals surface area contributed by atoms with Gasteiger partial charge in [0.2, 0.25) is 11.0 Å². The van der Waals surface area contributed by atoms with E-state index in [0.29, 0.717) is 10.6 Å². The van der Waals surface area contributed by atoms with Crippen molar-refractivity contribution in [1.29, 1.82) is 5.26 Å². The molecule has 0 fully saturated rings. The summed E-state index contributed by atoms with van der Waals surface area (Å²) in [6.07, 6.45) is 6.47. The Morgan fingerprint density at radius 3 is 2.92 bits per heavy atom. The van der Waals surface area contributed by atoms with Crippen LogP contribution in [0.3, 0.4) is 0 Å². The number of thioether (sulfide) groups is 1. The van der Waals surface area contributed by atoms with Crippen molar-refractivity contribution >= 4 is 50.5 Å². The number of thiophene rings is 1. The minimum Gasteiger partial charge on any atom is -0.360 e. The summed E-state index contributed by atoms with van der Waals surface area (Å²) in [7, 11) is 0. The number of nitrogens with zero attached hydrogens (tertiary/aromatic N) is 3. The van der Waals surface area contributed by atoms with Crippen LogP contribution in [-0.4, -0.2) is 28.4 Å². The van der Waals surface area contributed by atoms with Crippen molar-refractivity contribution in [2.45, 2.75) is 49.8 Å². The van der Waals surface area contributed by atoms with Crippen molar-refractivity contribution in [2.24, 2.45) is 0 Å². The van der Waals surface area contributed by atoms with Crippen molar-refractivity contribution in [3.05, 3.63) is 16.0 Å². The Labute approximate surface area is 165 Å². The molecule has 0 saturated carbocycles. The first kappa shape index (κ1) is 19.1. The molecule has 0 radical (unpaired) electrons. The first-order chi connectivity index (χ1) is 12.7. The molecule has 6 nitrogen and oxygen atoms in total. The Kier molecular flexibility index (Phi) is 6.88. The first-order valence-corrected chi connectivity index (χ1v) is 11.4. The van der Waals surface area contributed by atoms with E-state index in [1.807, 2.05) is 0 Å². The van der Waals surface area contributed by atoms with E-state index in [9.17, 15) is 10.1 Å². The number of nitrogens with one attached hydrogen (secondary N) is 2. The van der Waals surface area contributed by atoms with Gasteiger partial charge in [-0.05, 0) is 37.7 Å². The average molecular weight is 408 g/mol. The fourth-order valence-corrected chi connectivity index (χ4v) is 5.64. The zero-order valence-electron chi connectivity index (χ0n) is 14.6. The summed E-state index contributed by atoms with van der Waals surface area (Å²) in [5.41, 5.74) is 1.81. The Morgan fingerprint density at radius 1 is 1.27 bits per heavy atom. The molecule has 2 N–H and O–H groups in total. The number of anilines is 2. The second-order valence-corrected chi connectivity index (χ2v) is 9.32. The largest absolute Gasteiger partial charge is 0.360 e. The van der Waals surface area contributed by atoms with Gasteiger partial charge >= 0.3 is 0 Å². The molecular weight excluding hydrogens is 386 g/mol. The van der Waals surface area contributed by atoms with Crippen LogP contribution in [0.1, 0.15) is 48.6 Å². The third-order valence-electron chi connectivity index (χ3n) is 4.05. The number of hydrogen-bond acceptors (Lipinski definition) is 8. The molecule has 2 aromatic rings. The van der Waals surface area contributed by atoms with Crippen LogP contribution in [0.25, 0.3) is 0 Å². The summed E-state index contributed by atoms with van der Waals surface area (Å²) >= 11 is 4.39. The van der Waals surface area contributed by atoms with Gasteiger partial charge in [0.15, 0.2) is 4.34 Å². The van der Waals surface area contributed by atoms with E-state index in [0.717, 1.165) is 53.7 Å². The highest BCUT2D eigenvalue weighted by molar-refractivity contribution is 8.01. The van der Waals surface area contributed by atoms with Gasteiger partial charge in [0.25, 0.3) is 0 Å². The number of hydrogen-bond donors (Lipinski definition) is 2. The van der Waals surface area contributed by atoms with Crippen molar-refractivity contribution in [3.63, 3.8) is 0 Å². The SMILES string of the molecule is CCCNc1nnc(SCC(=O)Nc2sc3c(c2C#N)CCCCC3)s1. The van der Waals surface area contributed by atoms with Crippen LogP contribution in [0.15, 0.2) is 4.34 Å². The lowest BCUT2D eigenvalue weighted by Gasteiger charge is -2.03. The van der Waals surface area contributed by atoms with Crippen LogP contribution in [-0.2, 0) is 17.6 Å². The van der Waals surface area contributed by atoms with Crippen molar-refractivity contribution in [3.8, 4) is 6.07 Å². The van der Waals surface area contributed by atoms with Crippen LogP contribution >= 0.6 is 34.4 Å². The molecule has 1 aliphatic carbocycles. The number of fused-ring (bicyclic) bond motifs is 1. The molecule has 0 spiro atoms. The van der Waals surface area contributed by atoms with Gasteiger partial charge in [-0.1, -0.05) is 36.4 Å².